The van der Waals surface area contributed by atoms with Crippen molar-refractivity contribution < 1.29 is 18.3 Å². The molecule has 1 saturated heterocycles. The average molecular weight is 336 g/mol. The fourth-order valence-electron chi connectivity index (χ4n) is 2.18. The lowest BCUT2D eigenvalue weighted by molar-refractivity contribution is 0.00318. The zero-order chi connectivity index (χ0) is 15.5. The van der Waals surface area contributed by atoms with Gasteiger partial charge in [0.25, 0.3) is 0 Å². The van der Waals surface area contributed by atoms with E-state index in [0.29, 0.717) is 25.9 Å². The smallest absolute Gasteiger partial charge is 0.244 e. The number of piperidine rings is 1. The predicted octanol–water partition coefficient (Wildman–Crippen LogP) is 0.479. The van der Waals surface area contributed by atoms with Crippen LogP contribution in [0.5, 0.6) is 0 Å². The second-order valence-corrected chi connectivity index (χ2v) is 7.08. The summed E-state index contributed by atoms with van der Waals surface area (Å²) in [6.45, 7) is 0.962. The van der Waals surface area contributed by atoms with Crippen molar-refractivity contribution in [3.05, 3.63) is 17.3 Å². The number of hydrogen-bond donors (Lipinski definition) is 2. The molecule has 0 aromatic carbocycles. The molecule has 1 aliphatic rings. The second kappa shape index (κ2) is 6.89. The summed E-state index contributed by atoms with van der Waals surface area (Å²) in [6, 6.07) is 1.31. The van der Waals surface area contributed by atoms with Crippen LogP contribution in [0.2, 0.25) is 5.02 Å². The predicted molar refractivity (Wildman–Crippen MR) is 78.5 cm³/mol. The molecule has 2 heterocycles. The van der Waals surface area contributed by atoms with Gasteiger partial charge in [-0.05, 0) is 18.9 Å². The lowest BCUT2D eigenvalue weighted by Gasteiger charge is -2.31. The molecule has 0 unspecified atom stereocenters. The molecule has 1 aliphatic heterocycles. The highest BCUT2D eigenvalue weighted by atomic mass is 35.5. The van der Waals surface area contributed by atoms with Crippen LogP contribution in [0.3, 0.4) is 0 Å². The van der Waals surface area contributed by atoms with E-state index in [1.165, 1.54) is 16.6 Å². The van der Waals surface area contributed by atoms with Crippen LogP contribution in [-0.4, -0.2) is 55.2 Å². The number of nitrogens with two attached hydrogens (primary N) is 1. The Kier molecular flexibility index (Phi) is 5.39. The van der Waals surface area contributed by atoms with Gasteiger partial charge >= 0.3 is 0 Å². The largest absolute Gasteiger partial charge is 0.394 e. The fourth-order valence-corrected chi connectivity index (χ4v) is 3.85. The second-order valence-electron chi connectivity index (χ2n) is 4.74. The number of anilines is 1. The number of pyridine rings is 1. The van der Waals surface area contributed by atoms with Gasteiger partial charge in [-0.1, -0.05) is 11.6 Å². The SMILES string of the molecule is Nc1ncc(S(=O)(=O)N2CCC(OCCO)CC2)cc1Cl. The van der Waals surface area contributed by atoms with Gasteiger partial charge in [-0.3, -0.25) is 0 Å². The molecule has 0 bridgehead atoms. The third-order valence-electron chi connectivity index (χ3n) is 3.33. The van der Waals surface area contributed by atoms with Crippen molar-refractivity contribution in [2.24, 2.45) is 0 Å². The fraction of sp³-hybridized carbons (Fsp3) is 0.583. The molecule has 21 heavy (non-hydrogen) atoms. The number of sulfonamides is 1. The van der Waals surface area contributed by atoms with Crippen molar-refractivity contribution in [1.82, 2.24) is 9.29 Å². The molecule has 1 aromatic heterocycles. The van der Waals surface area contributed by atoms with Gasteiger partial charge in [-0.15, -0.1) is 0 Å². The molecule has 7 nitrogen and oxygen atoms in total. The van der Waals surface area contributed by atoms with E-state index in [0.717, 1.165) is 0 Å². The molecule has 0 amide bonds. The van der Waals surface area contributed by atoms with Crippen molar-refractivity contribution in [3.63, 3.8) is 0 Å². The van der Waals surface area contributed by atoms with Gasteiger partial charge in [0.2, 0.25) is 10.0 Å². The summed E-state index contributed by atoms with van der Waals surface area (Å²) in [5.41, 5.74) is 5.49. The number of nitrogen functional groups attached to an aromatic ring is 1. The Morgan fingerprint density at radius 3 is 2.71 bits per heavy atom. The van der Waals surface area contributed by atoms with Crippen molar-refractivity contribution >= 4 is 27.4 Å². The van der Waals surface area contributed by atoms with Crippen LogP contribution < -0.4 is 5.73 Å². The molecular weight excluding hydrogens is 318 g/mol. The summed E-state index contributed by atoms with van der Waals surface area (Å²) in [5.74, 6) is 0.103. The summed E-state index contributed by atoms with van der Waals surface area (Å²) >= 11 is 5.83. The number of hydrogen-bond acceptors (Lipinski definition) is 6. The molecule has 2 rings (SSSR count). The van der Waals surface area contributed by atoms with Crippen LogP contribution in [0.4, 0.5) is 5.82 Å². The van der Waals surface area contributed by atoms with Crippen molar-refractivity contribution in [2.45, 2.75) is 23.8 Å². The van der Waals surface area contributed by atoms with Crippen molar-refractivity contribution in [1.29, 1.82) is 0 Å². The van der Waals surface area contributed by atoms with E-state index in [2.05, 4.69) is 4.98 Å². The molecule has 0 spiro atoms. The van der Waals surface area contributed by atoms with Crippen LogP contribution in [0.25, 0.3) is 0 Å². The number of aromatic nitrogens is 1. The van der Waals surface area contributed by atoms with Gasteiger partial charge in [0.15, 0.2) is 0 Å². The van der Waals surface area contributed by atoms with Gasteiger partial charge in [-0.25, -0.2) is 13.4 Å². The summed E-state index contributed by atoms with van der Waals surface area (Å²) < 4.78 is 31.8. The van der Waals surface area contributed by atoms with Gasteiger partial charge < -0.3 is 15.6 Å². The number of aliphatic hydroxyl groups excluding tert-OH is 1. The number of nitrogens with zero attached hydrogens (tertiary/aromatic N) is 2. The number of ether oxygens (including phenoxy) is 1. The first kappa shape index (κ1) is 16.4. The normalized spacial score (nSPS) is 18.0. The molecule has 0 saturated carbocycles. The molecule has 118 valence electrons. The molecule has 1 fully saturated rings. The van der Waals surface area contributed by atoms with Crippen LogP contribution in [0.15, 0.2) is 17.2 Å². The van der Waals surface area contributed by atoms with E-state index in [1.807, 2.05) is 0 Å². The number of halogens is 1. The minimum Gasteiger partial charge on any atom is -0.394 e. The third-order valence-corrected chi connectivity index (χ3v) is 5.49. The molecule has 3 N–H and O–H groups in total. The number of rotatable bonds is 5. The molecular formula is C12H18ClN3O4S. The van der Waals surface area contributed by atoms with Crippen molar-refractivity contribution in [2.75, 3.05) is 32.0 Å². The Bertz CT molecular complexity index is 588. The Hall–Kier alpha value is -0.930. The van der Waals surface area contributed by atoms with Gasteiger partial charge in [0, 0.05) is 19.3 Å². The van der Waals surface area contributed by atoms with E-state index in [-0.39, 0.29) is 35.1 Å². The van der Waals surface area contributed by atoms with E-state index in [4.69, 9.17) is 27.2 Å². The highest BCUT2D eigenvalue weighted by Crippen LogP contribution is 2.25. The number of aliphatic hydroxyl groups is 1. The first-order chi connectivity index (χ1) is 9.95. The first-order valence-electron chi connectivity index (χ1n) is 6.59. The average Bonchev–Trinajstić information content (AvgIpc) is 2.48. The molecule has 0 aliphatic carbocycles. The third kappa shape index (κ3) is 3.83. The lowest BCUT2D eigenvalue weighted by Crippen LogP contribution is -2.41. The molecule has 1 aromatic rings. The Morgan fingerprint density at radius 2 is 2.14 bits per heavy atom. The molecule has 0 atom stereocenters. The molecule has 9 heteroatoms. The standard InChI is InChI=1S/C12H18ClN3O4S/c13-11-7-10(8-15-12(11)14)21(18,19)16-3-1-9(2-4-16)20-6-5-17/h7-9,17H,1-6H2,(H2,14,15). The summed E-state index contributed by atoms with van der Waals surface area (Å²) in [7, 11) is -3.62. The minimum absolute atomic E-state index is 0.0169. The maximum absolute atomic E-state index is 12.5. The van der Waals surface area contributed by atoms with Gasteiger partial charge in [-0.2, -0.15) is 4.31 Å². The maximum atomic E-state index is 12.5. The van der Waals surface area contributed by atoms with E-state index < -0.39 is 10.0 Å². The quantitative estimate of drug-likeness (QED) is 0.810. The lowest BCUT2D eigenvalue weighted by atomic mass is 10.1. The van der Waals surface area contributed by atoms with Crippen LogP contribution in [0, 0.1) is 0 Å². The Labute approximate surface area is 128 Å². The highest BCUT2D eigenvalue weighted by molar-refractivity contribution is 7.89. The van der Waals surface area contributed by atoms with E-state index in [1.54, 1.807) is 0 Å². The molecule has 0 radical (unpaired) electrons. The summed E-state index contributed by atoms with van der Waals surface area (Å²) in [5, 5.41) is 8.84. The van der Waals surface area contributed by atoms with Gasteiger partial charge in [0.05, 0.1) is 24.3 Å². The minimum atomic E-state index is -3.62. The topological polar surface area (TPSA) is 106 Å². The maximum Gasteiger partial charge on any atom is 0.244 e. The van der Waals surface area contributed by atoms with Crippen LogP contribution in [0.1, 0.15) is 12.8 Å². The Balaban J connectivity index is 2.06. The first-order valence-corrected chi connectivity index (χ1v) is 8.40. The zero-order valence-electron chi connectivity index (χ0n) is 11.4. The summed E-state index contributed by atoms with van der Waals surface area (Å²) in [6.07, 6.45) is 2.38. The highest BCUT2D eigenvalue weighted by Gasteiger charge is 2.30. The van der Waals surface area contributed by atoms with Crippen LogP contribution >= 0.6 is 11.6 Å². The van der Waals surface area contributed by atoms with Crippen molar-refractivity contribution in [3.8, 4) is 0 Å². The van der Waals surface area contributed by atoms with E-state index >= 15 is 0 Å². The monoisotopic (exact) mass is 335 g/mol. The van der Waals surface area contributed by atoms with Gasteiger partial charge in [0.1, 0.15) is 10.7 Å². The zero-order valence-corrected chi connectivity index (χ0v) is 13.0. The van der Waals surface area contributed by atoms with Crippen LogP contribution in [-0.2, 0) is 14.8 Å². The Morgan fingerprint density at radius 1 is 1.48 bits per heavy atom. The summed E-state index contributed by atoms with van der Waals surface area (Å²) in [4.78, 5) is 3.82. The van der Waals surface area contributed by atoms with E-state index in [9.17, 15) is 8.42 Å².